The number of hydrogen-bond acceptors (Lipinski definition) is 6. The van der Waals surface area contributed by atoms with E-state index in [0.29, 0.717) is 19.0 Å². The number of aromatic nitrogens is 2. The highest BCUT2D eigenvalue weighted by molar-refractivity contribution is 5.90. The summed E-state index contributed by atoms with van der Waals surface area (Å²) in [6.07, 6.45) is 0. The lowest BCUT2D eigenvalue weighted by Gasteiger charge is -2.08. The number of benzene rings is 1. The molecular weight excluding hydrogens is 272 g/mol. The quantitative estimate of drug-likeness (QED) is 0.739. The fourth-order valence-corrected chi connectivity index (χ4v) is 1.58. The highest BCUT2D eigenvalue weighted by Gasteiger charge is 2.02. The molecule has 1 aromatic carbocycles. The number of ether oxygens (including phenoxy) is 2. The van der Waals surface area contributed by atoms with E-state index in [9.17, 15) is 4.79 Å². The molecule has 2 aromatic rings. The third-order valence-electron chi connectivity index (χ3n) is 2.65. The number of nitrogens with two attached hydrogens (primary N) is 1. The van der Waals surface area contributed by atoms with Crippen molar-refractivity contribution in [3.05, 3.63) is 42.1 Å². The average Bonchev–Trinajstić information content (AvgIpc) is 2.52. The number of primary amides is 1. The van der Waals surface area contributed by atoms with Gasteiger partial charge in [-0.1, -0.05) is 0 Å². The number of anilines is 1. The number of nitrogens with zero attached hydrogens (tertiary/aromatic N) is 2. The summed E-state index contributed by atoms with van der Waals surface area (Å²) in [5, 5.41) is 10.6. The molecule has 7 nitrogen and oxygen atoms in total. The maximum atomic E-state index is 10.8. The molecule has 1 aromatic heterocycles. The molecule has 0 atom stereocenters. The lowest BCUT2D eigenvalue weighted by Crippen LogP contribution is -2.16. The Hall–Kier alpha value is -2.83. The second kappa shape index (κ2) is 7.09. The van der Waals surface area contributed by atoms with E-state index >= 15 is 0 Å². The normalized spacial score (nSPS) is 9.95. The van der Waals surface area contributed by atoms with Crippen LogP contribution in [0.25, 0.3) is 0 Å². The van der Waals surface area contributed by atoms with Gasteiger partial charge in [-0.2, -0.15) is 0 Å². The first kappa shape index (κ1) is 14.6. The van der Waals surface area contributed by atoms with Gasteiger partial charge < -0.3 is 20.5 Å². The molecule has 0 aliphatic heterocycles. The van der Waals surface area contributed by atoms with Crippen molar-refractivity contribution in [2.75, 3.05) is 25.6 Å². The highest BCUT2D eigenvalue weighted by Crippen LogP contribution is 2.16. The van der Waals surface area contributed by atoms with Gasteiger partial charge in [0.15, 0.2) is 5.69 Å². The van der Waals surface area contributed by atoms with E-state index in [1.807, 2.05) is 24.3 Å². The molecule has 0 unspecified atom stereocenters. The summed E-state index contributed by atoms with van der Waals surface area (Å²) >= 11 is 0. The summed E-state index contributed by atoms with van der Waals surface area (Å²) in [5.74, 6) is 1.49. The average molecular weight is 288 g/mol. The molecule has 1 amide bonds. The molecule has 0 saturated carbocycles. The second-order valence-electron chi connectivity index (χ2n) is 4.12. The van der Waals surface area contributed by atoms with Crippen molar-refractivity contribution in [3.8, 4) is 11.5 Å². The Balaban J connectivity index is 1.74. The third-order valence-corrected chi connectivity index (χ3v) is 2.65. The number of hydrogen-bond donors (Lipinski definition) is 2. The fraction of sp³-hybridized carbons (Fsp3) is 0.214. The maximum Gasteiger partial charge on any atom is 0.269 e. The van der Waals surface area contributed by atoms with E-state index in [1.165, 1.54) is 6.07 Å². The fourth-order valence-electron chi connectivity index (χ4n) is 1.58. The highest BCUT2D eigenvalue weighted by atomic mass is 16.5. The molecular formula is C14H16N4O3. The van der Waals surface area contributed by atoms with Gasteiger partial charge in [0.05, 0.1) is 13.7 Å². The van der Waals surface area contributed by atoms with Crippen molar-refractivity contribution < 1.29 is 14.3 Å². The van der Waals surface area contributed by atoms with Crippen molar-refractivity contribution in [1.29, 1.82) is 0 Å². The maximum absolute atomic E-state index is 10.8. The van der Waals surface area contributed by atoms with E-state index in [-0.39, 0.29) is 5.69 Å². The monoisotopic (exact) mass is 288 g/mol. The Morgan fingerprint density at radius 2 is 1.86 bits per heavy atom. The van der Waals surface area contributed by atoms with Crippen LogP contribution in [0.4, 0.5) is 5.82 Å². The summed E-state index contributed by atoms with van der Waals surface area (Å²) in [5.41, 5.74) is 5.21. The number of carbonyl (C=O) groups excluding carboxylic acids is 1. The minimum absolute atomic E-state index is 0.134. The van der Waals surface area contributed by atoms with Crippen molar-refractivity contribution >= 4 is 11.7 Å². The predicted octanol–water partition coefficient (Wildman–Crippen LogP) is 1.07. The Morgan fingerprint density at radius 1 is 1.14 bits per heavy atom. The van der Waals surface area contributed by atoms with Crippen LogP contribution in [0.1, 0.15) is 10.5 Å². The molecule has 0 aliphatic carbocycles. The molecule has 0 spiro atoms. The van der Waals surface area contributed by atoms with Crippen molar-refractivity contribution in [1.82, 2.24) is 10.2 Å². The molecule has 1 heterocycles. The summed E-state index contributed by atoms with van der Waals surface area (Å²) < 4.78 is 10.6. The summed E-state index contributed by atoms with van der Waals surface area (Å²) in [6, 6.07) is 10.5. The van der Waals surface area contributed by atoms with Gasteiger partial charge in [0.2, 0.25) is 0 Å². The van der Waals surface area contributed by atoms with Crippen LogP contribution in [0.3, 0.4) is 0 Å². The van der Waals surface area contributed by atoms with Gasteiger partial charge in [0, 0.05) is 0 Å². The van der Waals surface area contributed by atoms with Gasteiger partial charge in [0.25, 0.3) is 5.91 Å². The van der Waals surface area contributed by atoms with Crippen molar-refractivity contribution in [2.45, 2.75) is 0 Å². The molecule has 7 heteroatoms. The molecule has 2 rings (SSSR count). The van der Waals surface area contributed by atoms with Gasteiger partial charge >= 0.3 is 0 Å². The van der Waals surface area contributed by atoms with Crippen LogP contribution in [0, 0.1) is 0 Å². The Morgan fingerprint density at radius 3 is 2.43 bits per heavy atom. The Bertz CT molecular complexity index is 584. The standard InChI is InChI=1S/C14H16N4O3/c1-20-10-2-4-11(5-3-10)21-9-8-16-13-7-6-12(14(15)19)17-18-13/h2-7H,8-9H2,1H3,(H2,15,19)(H,16,18). The largest absolute Gasteiger partial charge is 0.497 e. The zero-order valence-corrected chi connectivity index (χ0v) is 11.6. The van der Waals surface area contributed by atoms with Crippen LogP contribution in [0.2, 0.25) is 0 Å². The van der Waals surface area contributed by atoms with Crippen LogP contribution in [-0.4, -0.2) is 36.4 Å². The number of nitrogens with one attached hydrogen (secondary N) is 1. The predicted molar refractivity (Wildman–Crippen MR) is 77.5 cm³/mol. The lowest BCUT2D eigenvalue weighted by atomic mass is 10.3. The van der Waals surface area contributed by atoms with E-state index in [0.717, 1.165) is 11.5 Å². The van der Waals surface area contributed by atoms with Crippen molar-refractivity contribution in [3.63, 3.8) is 0 Å². The van der Waals surface area contributed by atoms with E-state index in [4.69, 9.17) is 15.2 Å². The van der Waals surface area contributed by atoms with Gasteiger partial charge in [-0.05, 0) is 36.4 Å². The first-order valence-electron chi connectivity index (χ1n) is 6.33. The first-order valence-corrected chi connectivity index (χ1v) is 6.33. The molecule has 0 saturated heterocycles. The lowest BCUT2D eigenvalue weighted by molar-refractivity contribution is 0.0994. The SMILES string of the molecule is COc1ccc(OCCNc2ccc(C(N)=O)nn2)cc1. The zero-order valence-electron chi connectivity index (χ0n) is 11.6. The number of amides is 1. The van der Waals surface area contributed by atoms with Crippen LogP contribution in [0.15, 0.2) is 36.4 Å². The van der Waals surface area contributed by atoms with Gasteiger partial charge in [-0.15, -0.1) is 10.2 Å². The second-order valence-corrected chi connectivity index (χ2v) is 4.12. The molecule has 21 heavy (non-hydrogen) atoms. The van der Waals surface area contributed by atoms with Crippen LogP contribution in [-0.2, 0) is 0 Å². The minimum atomic E-state index is -0.600. The Kier molecular flexibility index (Phi) is 4.92. The summed E-state index contributed by atoms with van der Waals surface area (Å²) in [4.78, 5) is 10.8. The van der Waals surface area contributed by atoms with E-state index in [1.54, 1.807) is 13.2 Å². The molecule has 3 N–H and O–H groups in total. The number of carbonyl (C=O) groups is 1. The first-order chi connectivity index (χ1) is 10.2. The molecule has 0 radical (unpaired) electrons. The van der Waals surface area contributed by atoms with E-state index in [2.05, 4.69) is 15.5 Å². The summed E-state index contributed by atoms with van der Waals surface area (Å²) in [6.45, 7) is 1.02. The van der Waals surface area contributed by atoms with Crippen LogP contribution >= 0.6 is 0 Å². The number of rotatable bonds is 7. The van der Waals surface area contributed by atoms with Crippen LogP contribution < -0.4 is 20.5 Å². The van der Waals surface area contributed by atoms with Gasteiger partial charge in [0.1, 0.15) is 23.9 Å². The van der Waals surface area contributed by atoms with Crippen LogP contribution in [0.5, 0.6) is 11.5 Å². The molecule has 0 aliphatic rings. The van der Waals surface area contributed by atoms with Crippen molar-refractivity contribution in [2.24, 2.45) is 5.73 Å². The van der Waals surface area contributed by atoms with Gasteiger partial charge in [-0.25, -0.2) is 0 Å². The smallest absolute Gasteiger partial charge is 0.269 e. The topological polar surface area (TPSA) is 99.4 Å². The molecule has 0 bridgehead atoms. The molecule has 0 fully saturated rings. The third kappa shape index (κ3) is 4.34. The number of methoxy groups -OCH3 is 1. The Labute approximate surface area is 122 Å². The minimum Gasteiger partial charge on any atom is -0.497 e. The van der Waals surface area contributed by atoms with E-state index < -0.39 is 5.91 Å². The molecule has 110 valence electrons. The van der Waals surface area contributed by atoms with Gasteiger partial charge in [-0.3, -0.25) is 4.79 Å². The zero-order chi connectivity index (χ0) is 15.1. The summed E-state index contributed by atoms with van der Waals surface area (Å²) in [7, 11) is 1.62.